The lowest BCUT2D eigenvalue weighted by Crippen LogP contribution is -2.19. The molecule has 0 aliphatic carbocycles. The number of nitrogens with zero attached hydrogens (tertiary/aromatic N) is 4. The van der Waals surface area contributed by atoms with Crippen LogP contribution in [0.25, 0.3) is 0 Å². The van der Waals surface area contributed by atoms with Gasteiger partial charge in [-0.05, 0) is 13.8 Å². The number of carbonyl (C=O) groups is 3. The summed E-state index contributed by atoms with van der Waals surface area (Å²) in [5.74, 6) is -1.37. The summed E-state index contributed by atoms with van der Waals surface area (Å²) >= 11 is 1.19. The van der Waals surface area contributed by atoms with Crippen LogP contribution in [0, 0.1) is 0 Å². The Labute approximate surface area is 147 Å². The Hall–Kier alpha value is -2.82. The Morgan fingerprint density at radius 2 is 2.00 bits per heavy atom. The summed E-state index contributed by atoms with van der Waals surface area (Å²) in [5, 5.41) is 12.0. The van der Waals surface area contributed by atoms with E-state index in [-0.39, 0.29) is 31.2 Å². The molecule has 0 atom stereocenters. The minimum Gasteiger partial charge on any atom is -0.466 e. The third-order valence-corrected chi connectivity index (χ3v) is 3.56. The average Bonchev–Trinajstić information content (AvgIpc) is 3.17. The monoisotopic (exact) mass is 367 g/mol. The minimum absolute atomic E-state index is 0.0284. The van der Waals surface area contributed by atoms with Crippen LogP contribution in [0.4, 0.5) is 5.13 Å². The second-order valence-corrected chi connectivity index (χ2v) is 5.55. The van der Waals surface area contributed by atoms with Gasteiger partial charge in [-0.15, -0.1) is 16.4 Å². The molecule has 2 rings (SSSR count). The largest absolute Gasteiger partial charge is 0.466 e. The highest BCUT2D eigenvalue weighted by atomic mass is 32.1. The van der Waals surface area contributed by atoms with E-state index in [1.54, 1.807) is 19.2 Å². The Kier molecular flexibility index (Phi) is 6.57. The van der Waals surface area contributed by atoms with Gasteiger partial charge in [-0.25, -0.2) is 14.5 Å². The van der Waals surface area contributed by atoms with Crippen LogP contribution in [0.3, 0.4) is 0 Å². The van der Waals surface area contributed by atoms with E-state index in [1.165, 1.54) is 22.2 Å². The molecule has 0 saturated heterocycles. The Balaban J connectivity index is 1.87. The first-order chi connectivity index (χ1) is 12.0. The number of thiazole rings is 1. The number of aromatic nitrogens is 4. The van der Waals surface area contributed by atoms with Crippen LogP contribution >= 0.6 is 11.3 Å². The third-order valence-electron chi connectivity index (χ3n) is 2.76. The molecule has 0 aliphatic rings. The van der Waals surface area contributed by atoms with Crippen LogP contribution in [-0.2, 0) is 32.0 Å². The van der Waals surface area contributed by atoms with Crippen LogP contribution in [-0.4, -0.2) is 51.0 Å². The summed E-state index contributed by atoms with van der Waals surface area (Å²) in [6, 6.07) is 0. The Morgan fingerprint density at radius 1 is 1.24 bits per heavy atom. The minimum atomic E-state index is -0.599. The van der Waals surface area contributed by atoms with Crippen molar-refractivity contribution in [1.82, 2.24) is 20.0 Å². The normalized spacial score (nSPS) is 10.3. The molecule has 2 aromatic heterocycles. The smallest absolute Gasteiger partial charge is 0.360 e. The van der Waals surface area contributed by atoms with Crippen molar-refractivity contribution in [1.29, 1.82) is 0 Å². The number of anilines is 1. The molecule has 2 aromatic rings. The van der Waals surface area contributed by atoms with Crippen molar-refractivity contribution in [2.24, 2.45) is 0 Å². The molecule has 0 bridgehead atoms. The lowest BCUT2D eigenvalue weighted by Gasteiger charge is -2.01. The maximum atomic E-state index is 12.0. The van der Waals surface area contributed by atoms with Crippen molar-refractivity contribution in [3.05, 3.63) is 23.0 Å². The number of amides is 1. The average molecular weight is 367 g/mol. The van der Waals surface area contributed by atoms with E-state index < -0.39 is 11.9 Å². The van der Waals surface area contributed by atoms with Crippen LogP contribution in [0.2, 0.25) is 0 Å². The second-order valence-electron chi connectivity index (χ2n) is 4.70. The van der Waals surface area contributed by atoms with E-state index in [1.807, 2.05) is 0 Å². The molecule has 1 amide bonds. The Bertz CT molecular complexity index is 756. The number of hydrogen-bond acceptors (Lipinski definition) is 9. The molecule has 1 N–H and O–H groups in total. The fourth-order valence-electron chi connectivity index (χ4n) is 1.79. The number of esters is 2. The highest BCUT2D eigenvalue weighted by molar-refractivity contribution is 7.13. The van der Waals surface area contributed by atoms with E-state index in [0.717, 1.165) is 0 Å². The number of hydrogen-bond donors (Lipinski definition) is 1. The molecule has 0 unspecified atom stereocenters. The van der Waals surface area contributed by atoms with Gasteiger partial charge in [-0.3, -0.25) is 9.59 Å². The molecule has 10 nitrogen and oxygen atoms in total. The summed E-state index contributed by atoms with van der Waals surface area (Å²) in [7, 11) is 0. The number of carbonyl (C=O) groups excluding carboxylic acids is 3. The maximum absolute atomic E-state index is 12.0. The zero-order valence-electron chi connectivity index (χ0n) is 13.7. The van der Waals surface area contributed by atoms with Crippen molar-refractivity contribution in [2.45, 2.75) is 26.8 Å². The fraction of sp³-hybridized carbons (Fsp3) is 0.429. The number of nitrogens with one attached hydrogen (secondary N) is 1. The Morgan fingerprint density at radius 3 is 2.72 bits per heavy atom. The van der Waals surface area contributed by atoms with Gasteiger partial charge in [-0.2, -0.15) is 0 Å². The van der Waals surface area contributed by atoms with Gasteiger partial charge < -0.3 is 14.8 Å². The first-order valence-corrected chi connectivity index (χ1v) is 8.36. The summed E-state index contributed by atoms with van der Waals surface area (Å²) in [4.78, 5) is 39.0. The third kappa shape index (κ3) is 5.64. The van der Waals surface area contributed by atoms with E-state index in [9.17, 15) is 14.4 Å². The van der Waals surface area contributed by atoms with Crippen molar-refractivity contribution in [2.75, 3.05) is 18.5 Å². The molecule has 0 spiro atoms. The van der Waals surface area contributed by atoms with Crippen LogP contribution in [0.15, 0.2) is 11.6 Å². The van der Waals surface area contributed by atoms with E-state index in [2.05, 4.69) is 20.6 Å². The van der Waals surface area contributed by atoms with E-state index >= 15 is 0 Å². The zero-order chi connectivity index (χ0) is 18.2. The van der Waals surface area contributed by atoms with Gasteiger partial charge in [0.2, 0.25) is 5.91 Å². The lowest BCUT2D eigenvalue weighted by molar-refractivity contribution is -0.142. The molecule has 11 heteroatoms. The zero-order valence-corrected chi connectivity index (χ0v) is 14.5. The second kappa shape index (κ2) is 8.87. The van der Waals surface area contributed by atoms with E-state index in [4.69, 9.17) is 9.47 Å². The SMILES string of the molecule is CCOC(=O)Cc1csc(NC(=O)Cn2cc(C(=O)OCC)nn2)n1. The highest BCUT2D eigenvalue weighted by Gasteiger charge is 2.14. The molecule has 0 saturated carbocycles. The van der Waals surface area contributed by atoms with Gasteiger partial charge in [0.25, 0.3) is 0 Å². The molecule has 0 aromatic carbocycles. The van der Waals surface area contributed by atoms with Gasteiger partial charge in [-0.1, -0.05) is 5.21 Å². The standard InChI is InChI=1S/C14H17N5O5S/c1-3-23-12(21)5-9-8-25-14(15-9)16-11(20)7-19-6-10(17-18-19)13(22)24-4-2/h6,8H,3-5,7H2,1-2H3,(H,15,16,20). The molecule has 25 heavy (non-hydrogen) atoms. The van der Waals surface area contributed by atoms with Crippen LogP contribution in [0.1, 0.15) is 30.0 Å². The molecule has 0 fully saturated rings. The van der Waals surface area contributed by atoms with Gasteiger partial charge in [0.05, 0.1) is 31.5 Å². The van der Waals surface area contributed by atoms with Crippen LogP contribution < -0.4 is 5.32 Å². The topological polar surface area (TPSA) is 125 Å². The maximum Gasteiger partial charge on any atom is 0.360 e. The number of ether oxygens (including phenoxy) is 2. The summed E-state index contributed by atoms with van der Waals surface area (Å²) in [5.41, 5.74) is 0.546. The van der Waals surface area contributed by atoms with E-state index in [0.29, 0.717) is 17.4 Å². The quantitative estimate of drug-likeness (QED) is 0.674. The molecule has 0 radical (unpaired) electrons. The summed E-state index contributed by atoms with van der Waals surface area (Å²) in [6.45, 7) is 3.80. The lowest BCUT2D eigenvalue weighted by atomic mass is 10.3. The first kappa shape index (κ1) is 18.5. The summed E-state index contributed by atoms with van der Waals surface area (Å²) in [6.07, 6.45) is 1.37. The van der Waals surface area contributed by atoms with Crippen molar-refractivity contribution in [3.8, 4) is 0 Å². The number of rotatable bonds is 8. The predicted octanol–water partition coefficient (Wildman–Crippen LogP) is 0.656. The molecule has 134 valence electrons. The molecule has 0 aliphatic heterocycles. The predicted molar refractivity (Wildman–Crippen MR) is 87.1 cm³/mol. The van der Waals surface area contributed by atoms with Gasteiger partial charge in [0.15, 0.2) is 10.8 Å². The van der Waals surface area contributed by atoms with Crippen LogP contribution in [0.5, 0.6) is 0 Å². The van der Waals surface area contributed by atoms with Crippen molar-refractivity contribution >= 4 is 34.3 Å². The fourth-order valence-corrected chi connectivity index (χ4v) is 2.51. The highest BCUT2D eigenvalue weighted by Crippen LogP contribution is 2.16. The molecular formula is C14H17N5O5S. The van der Waals surface area contributed by atoms with Crippen molar-refractivity contribution < 1.29 is 23.9 Å². The van der Waals surface area contributed by atoms with Gasteiger partial charge >= 0.3 is 11.9 Å². The van der Waals surface area contributed by atoms with Gasteiger partial charge in [0, 0.05) is 5.38 Å². The molecule has 2 heterocycles. The first-order valence-electron chi connectivity index (χ1n) is 7.49. The van der Waals surface area contributed by atoms with Gasteiger partial charge in [0.1, 0.15) is 6.54 Å². The molecular weight excluding hydrogens is 350 g/mol. The van der Waals surface area contributed by atoms with Crippen molar-refractivity contribution in [3.63, 3.8) is 0 Å². The summed E-state index contributed by atoms with van der Waals surface area (Å²) < 4.78 is 10.8.